The Kier molecular flexibility index (Phi) is 5.03. The van der Waals surface area contributed by atoms with E-state index in [0.717, 1.165) is 38.5 Å². The number of urea groups is 1. The molecule has 142 valence electrons. The summed E-state index contributed by atoms with van der Waals surface area (Å²) in [5.41, 5.74) is 3.70. The largest absolute Gasteiger partial charge is 0.497 e. The van der Waals surface area contributed by atoms with Gasteiger partial charge in [-0.3, -0.25) is 4.90 Å². The fraction of sp³-hybridized carbons (Fsp3) is 0.409. The standard InChI is InChI=1S/C22H27N3O2/c1-17-6-8-18(9-7-17)14-24-16-20-15-23(10-11-25(20)22(24)26)13-19-4-3-5-21(12-19)27-2/h3-9,12,20H,10-11,13-16H2,1-2H3/t20-/m1/s1. The Balaban J connectivity index is 1.38. The van der Waals surface area contributed by atoms with Gasteiger partial charge in [0.1, 0.15) is 5.75 Å². The molecule has 5 nitrogen and oxygen atoms in total. The summed E-state index contributed by atoms with van der Waals surface area (Å²) in [6.45, 7) is 7.13. The zero-order valence-electron chi connectivity index (χ0n) is 16.1. The molecule has 1 atom stereocenters. The van der Waals surface area contributed by atoms with Crippen LogP contribution in [0.4, 0.5) is 4.79 Å². The van der Waals surface area contributed by atoms with Gasteiger partial charge >= 0.3 is 6.03 Å². The summed E-state index contributed by atoms with van der Waals surface area (Å²) in [6, 6.07) is 17.2. The van der Waals surface area contributed by atoms with Crippen molar-refractivity contribution >= 4 is 6.03 Å². The van der Waals surface area contributed by atoms with Crippen LogP contribution < -0.4 is 4.74 Å². The van der Waals surface area contributed by atoms with Crippen LogP contribution in [0, 0.1) is 6.92 Å². The number of carbonyl (C=O) groups excluding carboxylic acids is 1. The number of rotatable bonds is 5. The van der Waals surface area contributed by atoms with Crippen LogP contribution in [0.1, 0.15) is 16.7 Å². The number of hydrogen-bond donors (Lipinski definition) is 0. The second-order valence-electron chi connectivity index (χ2n) is 7.58. The predicted molar refractivity (Wildman–Crippen MR) is 106 cm³/mol. The van der Waals surface area contributed by atoms with Gasteiger partial charge in [0.15, 0.2) is 0 Å². The van der Waals surface area contributed by atoms with Crippen molar-refractivity contribution in [3.8, 4) is 5.75 Å². The average Bonchev–Trinajstić information content (AvgIpc) is 2.99. The van der Waals surface area contributed by atoms with Gasteiger partial charge in [0, 0.05) is 39.3 Å². The Morgan fingerprint density at radius 1 is 1.00 bits per heavy atom. The third-order valence-corrected chi connectivity index (χ3v) is 5.55. The molecular weight excluding hydrogens is 338 g/mol. The second-order valence-corrected chi connectivity index (χ2v) is 7.58. The summed E-state index contributed by atoms with van der Waals surface area (Å²) in [5, 5.41) is 0. The molecule has 2 fully saturated rings. The van der Waals surface area contributed by atoms with Gasteiger partial charge in [-0.1, -0.05) is 42.0 Å². The third kappa shape index (κ3) is 3.93. The van der Waals surface area contributed by atoms with Gasteiger partial charge in [0.25, 0.3) is 0 Å². The number of amides is 2. The maximum Gasteiger partial charge on any atom is 0.320 e. The van der Waals surface area contributed by atoms with E-state index in [9.17, 15) is 4.79 Å². The number of piperazine rings is 1. The topological polar surface area (TPSA) is 36.0 Å². The third-order valence-electron chi connectivity index (χ3n) is 5.55. The molecule has 2 amide bonds. The SMILES string of the molecule is COc1cccc(CN2CCN3C(=O)N(Cc4ccc(C)cc4)C[C@H]3C2)c1. The molecule has 5 heteroatoms. The molecule has 0 aromatic heterocycles. The minimum Gasteiger partial charge on any atom is -0.497 e. The zero-order valence-corrected chi connectivity index (χ0v) is 16.1. The molecule has 0 N–H and O–H groups in total. The van der Waals surface area contributed by atoms with Crippen molar-refractivity contribution in [2.24, 2.45) is 0 Å². The van der Waals surface area contributed by atoms with Gasteiger partial charge in [-0.05, 0) is 30.2 Å². The second kappa shape index (κ2) is 7.61. The van der Waals surface area contributed by atoms with Gasteiger partial charge in [0.2, 0.25) is 0 Å². The van der Waals surface area contributed by atoms with Crippen molar-refractivity contribution in [3.05, 3.63) is 65.2 Å². The van der Waals surface area contributed by atoms with Crippen molar-refractivity contribution in [1.82, 2.24) is 14.7 Å². The summed E-state index contributed by atoms with van der Waals surface area (Å²) < 4.78 is 5.33. The van der Waals surface area contributed by atoms with Crippen molar-refractivity contribution in [2.75, 3.05) is 33.3 Å². The molecule has 0 unspecified atom stereocenters. The molecule has 2 aliphatic heterocycles. The highest BCUT2D eigenvalue weighted by Gasteiger charge is 2.40. The van der Waals surface area contributed by atoms with Crippen molar-refractivity contribution in [1.29, 1.82) is 0 Å². The van der Waals surface area contributed by atoms with Crippen LogP contribution in [0.25, 0.3) is 0 Å². The Morgan fingerprint density at radius 3 is 2.59 bits per heavy atom. The number of aryl methyl sites for hydroxylation is 1. The molecule has 27 heavy (non-hydrogen) atoms. The molecule has 0 saturated carbocycles. The highest BCUT2D eigenvalue weighted by Crippen LogP contribution is 2.24. The lowest BCUT2D eigenvalue weighted by molar-refractivity contribution is 0.116. The number of nitrogens with zero attached hydrogens (tertiary/aromatic N) is 3. The van der Waals surface area contributed by atoms with Gasteiger partial charge in [0.05, 0.1) is 13.2 Å². The fourth-order valence-electron chi connectivity index (χ4n) is 4.06. The number of carbonyl (C=O) groups is 1. The lowest BCUT2D eigenvalue weighted by Gasteiger charge is -2.36. The van der Waals surface area contributed by atoms with Crippen molar-refractivity contribution in [3.63, 3.8) is 0 Å². The molecule has 0 bridgehead atoms. The molecule has 2 aliphatic rings. The van der Waals surface area contributed by atoms with E-state index in [-0.39, 0.29) is 12.1 Å². The zero-order chi connectivity index (χ0) is 18.8. The summed E-state index contributed by atoms with van der Waals surface area (Å²) in [7, 11) is 1.70. The first-order valence-electron chi connectivity index (χ1n) is 9.59. The lowest BCUT2D eigenvalue weighted by Crippen LogP contribution is -2.51. The van der Waals surface area contributed by atoms with Crippen LogP contribution in [0.2, 0.25) is 0 Å². The average molecular weight is 365 g/mol. The first-order valence-corrected chi connectivity index (χ1v) is 9.59. The van der Waals surface area contributed by atoms with E-state index in [4.69, 9.17) is 4.74 Å². The first kappa shape index (κ1) is 17.9. The monoisotopic (exact) mass is 365 g/mol. The Labute approximate surface area is 161 Å². The van der Waals surface area contributed by atoms with E-state index >= 15 is 0 Å². The first-order chi connectivity index (χ1) is 13.1. The van der Waals surface area contributed by atoms with Gasteiger partial charge in [-0.25, -0.2) is 4.79 Å². The highest BCUT2D eigenvalue weighted by molar-refractivity contribution is 5.77. The van der Waals surface area contributed by atoms with Gasteiger partial charge in [-0.15, -0.1) is 0 Å². The van der Waals surface area contributed by atoms with Crippen LogP contribution in [0.3, 0.4) is 0 Å². The van der Waals surface area contributed by atoms with E-state index in [2.05, 4.69) is 53.1 Å². The van der Waals surface area contributed by atoms with E-state index in [1.165, 1.54) is 16.7 Å². The minimum absolute atomic E-state index is 0.182. The van der Waals surface area contributed by atoms with Crippen LogP contribution in [0.5, 0.6) is 5.75 Å². The number of ether oxygens (including phenoxy) is 1. The maximum atomic E-state index is 12.8. The van der Waals surface area contributed by atoms with Crippen molar-refractivity contribution in [2.45, 2.75) is 26.1 Å². The van der Waals surface area contributed by atoms with Crippen LogP contribution >= 0.6 is 0 Å². The molecule has 0 radical (unpaired) electrons. The molecule has 0 aliphatic carbocycles. The summed E-state index contributed by atoms with van der Waals surface area (Å²) in [6.07, 6.45) is 0. The smallest absolute Gasteiger partial charge is 0.320 e. The van der Waals surface area contributed by atoms with Crippen LogP contribution in [0.15, 0.2) is 48.5 Å². The summed E-state index contributed by atoms with van der Waals surface area (Å²) in [4.78, 5) is 19.3. The number of methoxy groups -OCH3 is 1. The van der Waals surface area contributed by atoms with Crippen LogP contribution in [-0.2, 0) is 13.1 Å². The van der Waals surface area contributed by atoms with E-state index in [1.807, 2.05) is 17.0 Å². The molecule has 2 heterocycles. The van der Waals surface area contributed by atoms with Gasteiger partial charge in [-0.2, -0.15) is 0 Å². The quantitative estimate of drug-likeness (QED) is 0.817. The number of fused-ring (bicyclic) bond motifs is 1. The normalized spacial score (nSPS) is 20.1. The fourth-order valence-corrected chi connectivity index (χ4v) is 4.06. The molecule has 4 rings (SSSR count). The highest BCUT2D eigenvalue weighted by atomic mass is 16.5. The van der Waals surface area contributed by atoms with E-state index in [0.29, 0.717) is 6.54 Å². The summed E-state index contributed by atoms with van der Waals surface area (Å²) >= 11 is 0. The molecule has 2 aromatic rings. The summed E-state index contributed by atoms with van der Waals surface area (Å²) in [5.74, 6) is 0.895. The number of hydrogen-bond acceptors (Lipinski definition) is 3. The molecule has 2 saturated heterocycles. The van der Waals surface area contributed by atoms with E-state index < -0.39 is 0 Å². The Hall–Kier alpha value is -2.53. The van der Waals surface area contributed by atoms with E-state index in [1.54, 1.807) is 7.11 Å². The van der Waals surface area contributed by atoms with Crippen molar-refractivity contribution < 1.29 is 9.53 Å². The lowest BCUT2D eigenvalue weighted by atomic mass is 10.1. The Bertz CT molecular complexity index is 805. The molecule has 2 aromatic carbocycles. The van der Waals surface area contributed by atoms with Crippen LogP contribution in [-0.4, -0.2) is 60.1 Å². The molecule has 0 spiro atoms. The van der Waals surface area contributed by atoms with Gasteiger partial charge < -0.3 is 14.5 Å². The minimum atomic E-state index is 0.182. The Morgan fingerprint density at radius 2 is 1.81 bits per heavy atom. The predicted octanol–water partition coefficient (Wildman–Crippen LogP) is 3.13. The number of benzene rings is 2. The maximum absolute atomic E-state index is 12.8. The molecular formula is C22H27N3O2.